The van der Waals surface area contributed by atoms with E-state index in [1.807, 2.05) is 22.8 Å². The maximum absolute atomic E-state index is 4.15. The lowest BCUT2D eigenvalue weighted by molar-refractivity contribution is 0.437. The van der Waals surface area contributed by atoms with Crippen molar-refractivity contribution in [1.82, 2.24) is 19.7 Å². The van der Waals surface area contributed by atoms with E-state index in [9.17, 15) is 0 Å². The molecule has 0 aliphatic heterocycles. The van der Waals surface area contributed by atoms with Crippen LogP contribution in [0.3, 0.4) is 0 Å². The molecule has 0 atom stereocenters. The van der Waals surface area contributed by atoms with Crippen molar-refractivity contribution in [2.45, 2.75) is 5.16 Å². The van der Waals surface area contributed by atoms with Gasteiger partial charge in [-0.05, 0) is 26.2 Å². The van der Waals surface area contributed by atoms with Gasteiger partial charge in [0, 0.05) is 18.0 Å². The average molecular weight is 248 g/mol. The Hall–Kier alpha value is -1.33. The summed E-state index contributed by atoms with van der Waals surface area (Å²) in [4.78, 5) is 2.16. The topological polar surface area (TPSA) is 34.0 Å². The van der Waals surface area contributed by atoms with E-state index in [0.29, 0.717) is 0 Å². The maximum atomic E-state index is 4.15. The molecule has 90 valence electrons. The van der Waals surface area contributed by atoms with Crippen LogP contribution in [0.25, 0.3) is 5.69 Å². The van der Waals surface area contributed by atoms with Gasteiger partial charge >= 0.3 is 0 Å². The van der Waals surface area contributed by atoms with Crippen LogP contribution in [0.15, 0.2) is 41.8 Å². The van der Waals surface area contributed by atoms with Crippen molar-refractivity contribution in [2.24, 2.45) is 0 Å². The van der Waals surface area contributed by atoms with E-state index in [4.69, 9.17) is 0 Å². The monoisotopic (exact) mass is 248 g/mol. The van der Waals surface area contributed by atoms with Crippen molar-refractivity contribution in [3.8, 4) is 5.69 Å². The molecule has 0 amide bonds. The van der Waals surface area contributed by atoms with Gasteiger partial charge in [-0.1, -0.05) is 30.0 Å². The first kappa shape index (κ1) is 12.1. The lowest BCUT2D eigenvalue weighted by Gasteiger charge is -2.09. The first-order valence-corrected chi connectivity index (χ1v) is 6.49. The predicted molar refractivity (Wildman–Crippen MR) is 70.6 cm³/mol. The second-order valence-electron chi connectivity index (χ2n) is 3.97. The molecule has 0 N–H and O–H groups in total. The molecule has 0 unspecified atom stereocenters. The summed E-state index contributed by atoms with van der Waals surface area (Å²) in [5.41, 5.74) is 1.10. The van der Waals surface area contributed by atoms with Gasteiger partial charge in [-0.2, -0.15) is 0 Å². The number of nitrogens with zero attached hydrogens (tertiary/aromatic N) is 4. The number of hydrogen-bond donors (Lipinski definition) is 0. The van der Waals surface area contributed by atoms with E-state index >= 15 is 0 Å². The van der Waals surface area contributed by atoms with Crippen molar-refractivity contribution in [3.05, 3.63) is 36.7 Å². The second-order valence-corrected chi connectivity index (χ2v) is 5.03. The van der Waals surface area contributed by atoms with Gasteiger partial charge < -0.3 is 4.90 Å². The van der Waals surface area contributed by atoms with Crippen molar-refractivity contribution in [1.29, 1.82) is 0 Å². The zero-order valence-electron chi connectivity index (χ0n) is 10.1. The normalized spacial score (nSPS) is 11.0. The molecule has 0 saturated heterocycles. The van der Waals surface area contributed by atoms with Gasteiger partial charge in [0.15, 0.2) is 5.16 Å². The van der Waals surface area contributed by atoms with Gasteiger partial charge in [-0.25, -0.2) is 0 Å². The molecular weight excluding hydrogens is 232 g/mol. The van der Waals surface area contributed by atoms with Crippen LogP contribution in [-0.4, -0.2) is 46.1 Å². The summed E-state index contributed by atoms with van der Waals surface area (Å²) < 4.78 is 2.01. The van der Waals surface area contributed by atoms with Crippen molar-refractivity contribution < 1.29 is 0 Å². The number of benzene rings is 1. The van der Waals surface area contributed by atoms with Crippen LogP contribution in [0.2, 0.25) is 0 Å². The van der Waals surface area contributed by atoms with E-state index in [0.717, 1.165) is 23.1 Å². The second kappa shape index (κ2) is 5.84. The third kappa shape index (κ3) is 3.31. The smallest absolute Gasteiger partial charge is 0.195 e. The van der Waals surface area contributed by atoms with Crippen LogP contribution in [0.1, 0.15) is 0 Å². The van der Waals surface area contributed by atoms with Crippen molar-refractivity contribution in [2.75, 3.05) is 26.4 Å². The summed E-state index contributed by atoms with van der Waals surface area (Å²) in [7, 11) is 4.14. The molecule has 0 aliphatic rings. The highest BCUT2D eigenvalue weighted by Gasteiger charge is 2.06. The average Bonchev–Trinajstić information content (AvgIpc) is 2.78. The van der Waals surface area contributed by atoms with Crippen LogP contribution in [0.4, 0.5) is 0 Å². The highest BCUT2D eigenvalue weighted by atomic mass is 32.2. The number of thioether (sulfide) groups is 1. The molecule has 4 nitrogen and oxygen atoms in total. The van der Waals surface area contributed by atoms with E-state index < -0.39 is 0 Å². The largest absolute Gasteiger partial charge is 0.309 e. The van der Waals surface area contributed by atoms with Crippen LogP contribution in [0, 0.1) is 0 Å². The van der Waals surface area contributed by atoms with Gasteiger partial charge in [-0.3, -0.25) is 4.57 Å². The number of aromatic nitrogens is 3. The lowest BCUT2D eigenvalue weighted by atomic mass is 10.3. The zero-order chi connectivity index (χ0) is 12.1. The first-order valence-electron chi connectivity index (χ1n) is 5.50. The molecule has 0 radical (unpaired) electrons. The summed E-state index contributed by atoms with van der Waals surface area (Å²) >= 11 is 1.72. The molecule has 2 rings (SSSR count). The molecule has 0 saturated carbocycles. The molecular formula is C12H16N4S. The lowest BCUT2D eigenvalue weighted by Crippen LogP contribution is -2.15. The van der Waals surface area contributed by atoms with Gasteiger partial charge in [0.1, 0.15) is 6.33 Å². The number of hydrogen-bond acceptors (Lipinski definition) is 4. The minimum Gasteiger partial charge on any atom is -0.309 e. The molecule has 0 bridgehead atoms. The fourth-order valence-corrected chi connectivity index (χ4v) is 2.44. The Morgan fingerprint density at radius 1 is 1.24 bits per heavy atom. The zero-order valence-corrected chi connectivity index (χ0v) is 10.9. The van der Waals surface area contributed by atoms with Gasteiger partial charge in [0.05, 0.1) is 0 Å². The summed E-state index contributed by atoms with van der Waals surface area (Å²) in [6, 6.07) is 10.2. The Labute approximate surface area is 106 Å². The molecule has 17 heavy (non-hydrogen) atoms. The van der Waals surface area contributed by atoms with E-state index in [1.54, 1.807) is 18.1 Å². The van der Waals surface area contributed by atoms with Crippen LogP contribution in [-0.2, 0) is 0 Å². The fraction of sp³-hybridized carbons (Fsp3) is 0.333. The summed E-state index contributed by atoms with van der Waals surface area (Å²) in [5.74, 6) is 1.01. The first-order chi connectivity index (χ1) is 8.27. The third-order valence-corrected chi connectivity index (χ3v) is 3.24. The van der Waals surface area contributed by atoms with Crippen molar-refractivity contribution >= 4 is 11.8 Å². The predicted octanol–water partition coefficient (Wildman–Crippen LogP) is 1.92. The Morgan fingerprint density at radius 3 is 2.71 bits per heavy atom. The van der Waals surface area contributed by atoms with Gasteiger partial charge in [-0.15, -0.1) is 10.2 Å². The molecule has 0 spiro atoms. The summed E-state index contributed by atoms with van der Waals surface area (Å²) in [6.07, 6.45) is 1.76. The quantitative estimate of drug-likeness (QED) is 0.757. The Morgan fingerprint density at radius 2 is 2.00 bits per heavy atom. The van der Waals surface area contributed by atoms with Crippen LogP contribution in [0.5, 0.6) is 0 Å². The molecule has 1 heterocycles. The van der Waals surface area contributed by atoms with E-state index in [2.05, 4.69) is 41.3 Å². The molecule has 1 aromatic carbocycles. The molecule has 0 fully saturated rings. The highest BCUT2D eigenvalue weighted by molar-refractivity contribution is 7.99. The Kier molecular flexibility index (Phi) is 4.17. The Balaban J connectivity index is 2.07. The molecule has 5 heteroatoms. The number of para-hydroxylation sites is 1. The Bertz CT molecular complexity index is 453. The fourth-order valence-electron chi connectivity index (χ4n) is 1.41. The summed E-state index contributed by atoms with van der Waals surface area (Å²) in [5, 5.41) is 9.06. The minimum atomic E-state index is 0.943. The van der Waals surface area contributed by atoms with Crippen molar-refractivity contribution in [3.63, 3.8) is 0 Å². The standard InChI is InChI=1S/C12H16N4S/c1-15(2)8-9-17-12-14-13-10-16(12)11-6-4-3-5-7-11/h3-7,10H,8-9H2,1-2H3. The molecule has 2 aromatic rings. The van der Waals surface area contributed by atoms with Crippen LogP contribution >= 0.6 is 11.8 Å². The van der Waals surface area contributed by atoms with Crippen LogP contribution < -0.4 is 0 Å². The highest BCUT2D eigenvalue weighted by Crippen LogP contribution is 2.18. The maximum Gasteiger partial charge on any atom is 0.195 e. The molecule has 0 aliphatic carbocycles. The summed E-state index contributed by atoms with van der Waals surface area (Å²) in [6.45, 7) is 1.03. The third-order valence-electron chi connectivity index (χ3n) is 2.32. The van der Waals surface area contributed by atoms with E-state index in [-0.39, 0.29) is 0 Å². The van der Waals surface area contributed by atoms with E-state index in [1.165, 1.54) is 0 Å². The minimum absolute atomic E-state index is 0.943. The van der Waals surface area contributed by atoms with Gasteiger partial charge in [0.2, 0.25) is 0 Å². The molecule has 1 aromatic heterocycles. The SMILES string of the molecule is CN(C)CCSc1nncn1-c1ccccc1. The van der Waals surface area contributed by atoms with Gasteiger partial charge in [0.25, 0.3) is 0 Å². The number of rotatable bonds is 5.